The molecule has 0 radical (unpaired) electrons. The van der Waals surface area contributed by atoms with E-state index < -0.39 is 12.1 Å². The summed E-state index contributed by atoms with van der Waals surface area (Å²) in [7, 11) is 0. The largest absolute Gasteiger partial charge is 0.343 e. The van der Waals surface area contributed by atoms with E-state index in [-0.39, 0.29) is 11.8 Å². The number of carbonyl (C=O) groups excluding carboxylic acids is 2. The van der Waals surface area contributed by atoms with Crippen LogP contribution in [-0.4, -0.2) is 30.2 Å². The Kier molecular flexibility index (Phi) is 4.14. The van der Waals surface area contributed by atoms with Crippen molar-refractivity contribution in [3.05, 3.63) is 24.3 Å². The Morgan fingerprint density at radius 3 is 2.42 bits per heavy atom. The van der Waals surface area contributed by atoms with E-state index in [1.807, 2.05) is 37.4 Å². The van der Waals surface area contributed by atoms with Gasteiger partial charge in [-0.15, -0.1) is 11.8 Å². The number of rotatable bonds is 3. The maximum atomic E-state index is 12.4. The molecule has 19 heavy (non-hydrogen) atoms. The Balaban J connectivity index is 2.33. The summed E-state index contributed by atoms with van der Waals surface area (Å²) in [6.45, 7) is 3.65. The zero-order chi connectivity index (χ0) is 14.0. The van der Waals surface area contributed by atoms with E-state index >= 15 is 0 Å². The van der Waals surface area contributed by atoms with Crippen molar-refractivity contribution in [3.63, 3.8) is 0 Å². The zero-order valence-corrected chi connectivity index (χ0v) is 12.2. The number of amides is 2. The van der Waals surface area contributed by atoms with Crippen LogP contribution in [0.2, 0.25) is 0 Å². The lowest BCUT2D eigenvalue weighted by Crippen LogP contribution is -2.62. The Hall–Kier alpha value is -1.49. The molecule has 2 atom stereocenters. The molecule has 4 nitrogen and oxygen atoms in total. The van der Waals surface area contributed by atoms with Crippen LogP contribution in [0.25, 0.3) is 0 Å². The predicted octanol–water partition coefficient (Wildman–Crippen LogP) is 2.04. The van der Waals surface area contributed by atoms with Gasteiger partial charge in [0, 0.05) is 10.6 Å². The smallest absolute Gasteiger partial charge is 0.250 e. The molecule has 2 amide bonds. The molecule has 1 aliphatic rings. The molecule has 1 N–H and O–H groups in total. The minimum absolute atomic E-state index is 0.0356. The van der Waals surface area contributed by atoms with Crippen molar-refractivity contribution >= 4 is 29.3 Å². The van der Waals surface area contributed by atoms with Gasteiger partial charge in [-0.3, -0.25) is 14.5 Å². The molecule has 1 aromatic rings. The maximum absolute atomic E-state index is 12.4. The minimum Gasteiger partial charge on any atom is -0.343 e. The number of carbonyl (C=O) groups is 2. The molecular formula is C14H18N2O2S. The van der Waals surface area contributed by atoms with Gasteiger partial charge in [0.1, 0.15) is 12.1 Å². The number of nitrogens with zero attached hydrogens (tertiary/aromatic N) is 1. The fourth-order valence-corrected chi connectivity index (χ4v) is 2.61. The lowest BCUT2D eigenvalue weighted by Gasteiger charge is -2.37. The third-order valence-corrected chi connectivity index (χ3v) is 4.12. The highest BCUT2D eigenvalue weighted by Crippen LogP contribution is 2.25. The Labute approximate surface area is 117 Å². The molecular weight excluding hydrogens is 260 g/mol. The van der Waals surface area contributed by atoms with E-state index in [1.165, 1.54) is 0 Å². The summed E-state index contributed by atoms with van der Waals surface area (Å²) in [4.78, 5) is 27.0. The fraction of sp³-hybridized carbons (Fsp3) is 0.429. The van der Waals surface area contributed by atoms with Gasteiger partial charge in [0.15, 0.2) is 0 Å². The summed E-state index contributed by atoms with van der Waals surface area (Å²) in [6, 6.07) is 6.84. The molecule has 102 valence electrons. The number of benzene rings is 1. The molecule has 0 spiro atoms. The maximum Gasteiger partial charge on any atom is 0.250 e. The zero-order valence-electron chi connectivity index (χ0n) is 11.3. The van der Waals surface area contributed by atoms with Crippen LogP contribution >= 0.6 is 11.8 Å². The van der Waals surface area contributed by atoms with Crippen LogP contribution in [-0.2, 0) is 9.59 Å². The molecule has 5 heteroatoms. The molecule has 1 saturated heterocycles. The second-order valence-corrected chi connectivity index (χ2v) is 5.43. The quantitative estimate of drug-likeness (QED) is 0.861. The van der Waals surface area contributed by atoms with Crippen LogP contribution < -0.4 is 10.2 Å². The van der Waals surface area contributed by atoms with Gasteiger partial charge < -0.3 is 5.32 Å². The Morgan fingerprint density at radius 2 is 1.89 bits per heavy atom. The lowest BCUT2D eigenvalue weighted by molar-refractivity contribution is -0.133. The first-order chi connectivity index (χ1) is 9.08. The van der Waals surface area contributed by atoms with Gasteiger partial charge in [0.05, 0.1) is 0 Å². The third-order valence-electron chi connectivity index (χ3n) is 3.38. The van der Waals surface area contributed by atoms with E-state index in [9.17, 15) is 9.59 Å². The number of anilines is 1. The minimum atomic E-state index is -0.463. The predicted molar refractivity (Wildman–Crippen MR) is 77.4 cm³/mol. The van der Waals surface area contributed by atoms with E-state index in [0.29, 0.717) is 6.42 Å². The Morgan fingerprint density at radius 1 is 1.26 bits per heavy atom. The standard InChI is InChI=1S/C14H18N2O2S/c1-4-12-14(18)16(9(2)13(17)15-12)10-5-7-11(19-3)8-6-10/h5-9,12H,4H2,1-3H3,(H,15,17). The number of hydrogen-bond acceptors (Lipinski definition) is 3. The van der Waals surface area contributed by atoms with E-state index in [4.69, 9.17) is 0 Å². The van der Waals surface area contributed by atoms with Crippen LogP contribution in [0.1, 0.15) is 20.3 Å². The lowest BCUT2D eigenvalue weighted by atomic mass is 10.1. The normalized spacial score (nSPS) is 23.4. The highest BCUT2D eigenvalue weighted by atomic mass is 32.2. The summed E-state index contributed by atoms with van der Waals surface area (Å²) in [6.07, 6.45) is 2.61. The van der Waals surface area contributed by atoms with Crippen molar-refractivity contribution < 1.29 is 9.59 Å². The molecule has 2 rings (SSSR count). The highest BCUT2D eigenvalue weighted by molar-refractivity contribution is 7.98. The second kappa shape index (κ2) is 5.65. The summed E-state index contributed by atoms with van der Waals surface area (Å²) < 4.78 is 0. The molecule has 1 fully saturated rings. The van der Waals surface area contributed by atoms with Crippen LogP contribution in [0.4, 0.5) is 5.69 Å². The van der Waals surface area contributed by atoms with Crippen LogP contribution in [0.15, 0.2) is 29.2 Å². The van der Waals surface area contributed by atoms with E-state index in [1.54, 1.807) is 23.6 Å². The van der Waals surface area contributed by atoms with Gasteiger partial charge in [-0.05, 0) is 43.9 Å². The van der Waals surface area contributed by atoms with Crippen molar-refractivity contribution in [3.8, 4) is 0 Å². The highest BCUT2D eigenvalue weighted by Gasteiger charge is 2.37. The van der Waals surface area contributed by atoms with Crippen LogP contribution in [0.3, 0.4) is 0 Å². The van der Waals surface area contributed by atoms with Crippen molar-refractivity contribution in [2.45, 2.75) is 37.2 Å². The molecule has 0 aromatic heterocycles. The van der Waals surface area contributed by atoms with Crippen molar-refractivity contribution in [1.29, 1.82) is 0 Å². The first-order valence-corrected chi connectivity index (χ1v) is 7.58. The second-order valence-electron chi connectivity index (χ2n) is 4.55. The first-order valence-electron chi connectivity index (χ1n) is 6.36. The van der Waals surface area contributed by atoms with Crippen molar-refractivity contribution in [1.82, 2.24) is 5.32 Å². The van der Waals surface area contributed by atoms with Gasteiger partial charge >= 0.3 is 0 Å². The van der Waals surface area contributed by atoms with Crippen LogP contribution in [0, 0.1) is 0 Å². The SMILES string of the molecule is CCC1NC(=O)C(C)N(c2ccc(SC)cc2)C1=O. The Bertz CT molecular complexity index is 487. The average molecular weight is 278 g/mol. The molecule has 0 bridgehead atoms. The summed E-state index contributed by atoms with van der Waals surface area (Å²) in [5.41, 5.74) is 0.781. The van der Waals surface area contributed by atoms with Crippen molar-refractivity contribution in [2.24, 2.45) is 0 Å². The van der Waals surface area contributed by atoms with E-state index in [0.717, 1.165) is 10.6 Å². The molecule has 1 aromatic carbocycles. The number of hydrogen-bond donors (Lipinski definition) is 1. The van der Waals surface area contributed by atoms with Crippen LogP contribution in [0.5, 0.6) is 0 Å². The third kappa shape index (κ3) is 2.61. The van der Waals surface area contributed by atoms with Gasteiger partial charge in [-0.1, -0.05) is 6.92 Å². The van der Waals surface area contributed by atoms with Gasteiger partial charge in [-0.2, -0.15) is 0 Å². The summed E-state index contributed by atoms with van der Waals surface area (Å²) in [5.74, 6) is -0.133. The van der Waals surface area contributed by atoms with Gasteiger partial charge in [-0.25, -0.2) is 0 Å². The molecule has 1 aliphatic heterocycles. The number of nitrogens with one attached hydrogen (secondary N) is 1. The van der Waals surface area contributed by atoms with Gasteiger partial charge in [0.2, 0.25) is 11.8 Å². The van der Waals surface area contributed by atoms with E-state index in [2.05, 4.69) is 5.32 Å². The first kappa shape index (κ1) is 13.9. The van der Waals surface area contributed by atoms with Gasteiger partial charge in [0.25, 0.3) is 0 Å². The molecule has 0 saturated carbocycles. The number of piperazine rings is 1. The molecule has 2 unspecified atom stereocenters. The summed E-state index contributed by atoms with van der Waals surface area (Å²) >= 11 is 1.65. The van der Waals surface area contributed by atoms with Crippen molar-refractivity contribution in [2.75, 3.05) is 11.2 Å². The fourth-order valence-electron chi connectivity index (χ4n) is 2.20. The monoisotopic (exact) mass is 278 g/mol. The topological polar surface area (TPSA) is 49.4 Å². The summed E-state index contributed by atoms with van der Waals surface area (Å²) in [5, 5.41) is 2.75. The molecule has 1 heterocycles. The average Bonchev–Trinajstić information content (AvgIpc) is 2.44. The number of thioether (sulfide) groups is 1. The molecule has 0 aliphatic carbocycles.